The highest BCUT2D eigenvalue weighted by atomic mass is 33.1. The molecule has 1 saturated heterocycles. The van der Waals surface area contributed by atoms with Crippen LogP contribution in [0.1, 0.15) is 5.56 Å². The summed E-state index contributed by atoms with van der Waals surface area (Å²) in [5, 5.41) is 7.04. The van der Waals surface area contributed by atoms with Crippen LogP contribution in [0.25, 0.3) is 0 Å². The lowest BCUT2D eigenvalue weighted by Gasteiger charge is -2.12. The van der Waals surface area contributed by atoms with Crippen LogP contribution in [0.3, 0.4) is 0 Å². The summed E-state index contributed by atoms with van der Waals surface area (Å²) in [5.41, 5.74) is 1.23. The Kier molecular flexibility index (Phi) is 7.32. The van der Waals surface area contributed by atoms with Crippen LogP contribution in [-0.2, 0) is 11.1 Å². The number of thiocarbonyl (C=S) groups is 1. The minimum Gasteiger partial charge on any atom is -0.360 e. The molecule has 3 nitrogen and oxygen atoms in total. The van der Waals surface area contributed by atoms with E-state index in [1.165, 1.54) is 17.1 Å². The van der Waals surface area contributed by atoms with Gasteiger partial charge in [0.15, 0.2) is 11.7 Å². The zero-order valence-corrected chi connectivity index (χ0v) is 13.8. The first kappa shape index (κ1) is 15.4. The fourth-order valence-corrected chi connectivity index (χ4v) is 8.36. The van der Waals surface area contributed by atoms with Crippen LogP contribution in [0, 0.1) is 0 Å². The zero-order valence-electron chi connectivity index (χ0n) is 10.5. The van der Waals surface area contributed by atoms with E-state index >= 15 is 0 Å². The predicted molar refractivity (Wildman–Crippen MR) is 91.7 cm³/mol. The van der Waals surface area contributed by atoms with Gasteiger partial charge in [-0.15, -0.1) is 0 Å². The molecule has 1 aliphatic rings. The molecule has 0 atom stereocenters. The van der Waals surface area contributed by atoms with Crippen LogP contribution < -0.4 is 10.6 Å². The van der Waals surface area contributed by atoms with Crippen molar-refractivity contribution in [1.82, 2.24) is 10.6 Å². The van der Waals surface area contributed by atoms with Gasteiger partial charge in [-0.25, -0.2) is 0 Å². The first-order valence-corrected chi connectivity index (χ1v) is 10.9. The Morgan fingerprint density at radius 1 is 1.21 bits per heavy atom. The van der Waals surface area contributed by atoms with Gasteiger partial charge in [-0.2, -0.15) is 0 Å². The summed E-state index contributed by atoms with van der Waals surface area (Å²) in [6.07, 6.45) is 0. The SMILES string of the molecule is S=C(NCCOP1SCCS1)NCc1ccccc1. The normalized spacial score (nSPS) is 15.4. The van der Waals surface area contributed by atoms with E-state index in [9.17, 15) is 0 Å². The maximum Gasteiger partial charge on any atom is 0.166 e. The van der Waals surface area contributed by atoms with Crippen molar-refractivity contribution in [3.8, 4) is 0 Å². The molecule has 2 N–H and O–H groups in total. The molecular formula is C12H17N2OPS3. The summed E-state index contributed by atoms with van der Waals surface area (Å²) in [4.78, 5) is 0. The number of benzene rings is 1. The van der Waals surface area contributed by atoms with Crippen LogP contribution in [-0.4, -0.2) is 29.8 Å². The monoisotopic (exact) mass is 332 g/mol. The average Bonchev–Trinajstić information content (AvgIpc) is 2.96. The quantitative estimate of drug-likeness (QED) is 0.472. The minimum absolute atomic E-state index is 0.290. The molecule has 1 aromatic rings. The molecule has 0 spiro atoms. The molecule has 1 aromatic carbocycles. The van der Waals surface area contributed by atoms with Crippen molar-refractivity contribution in [2.24, 2.45) is 0 Å². The van der Waals surface area contributed by atoms with Gasteiger partial charge in [-0.05, 0) is 17.8 Å². The molecule has 104 valence electrons. The lowest BCUT2D eigenvalue weighted by atomic mass is 10.2. The number of rotatable bonds is 6. The van der Waals surface area contributed by atoms with Gasteiger partial charge in [0.2, 0.25) is 0 Å². The minimum atomic E-state index is -0.290. The Hall–Kier alpha value is -0.000000000000000222. The number of hydrogen-bond acceptors (Lipinski definition) is 4. The summed E-state index contributed by atoms with van der Waals surface area (Å²) in [6.45, 7) is 1.95. The average molecular weight is 332 g/mol. The Bertz CT molecular complexity index is 388. The molecule has 0 bridgehead atoms. The molecule has 2 rings (SSSR count). The topological polar surface area (TPSA) is 33.3 Å². The van der Waals surface area contributed by atoms with Crippen molar-refractivity contribution in [2.75, 3.05) is 24.7 Å². The molecule has 1 fully saturated rings. The smallest absolute Gasteiger partial charge is 0.166 e. The van der Waals surface area contributed by atoms with E-state index in [2.05, 4.69) is 22.8 Å². The van der Waals surface area contributed by atoms with Crippen molar-refractivity contribution in [2.45, 2.75) is 6.54 Å². The van der Waals surface area contributed by atoms with E-state index in [0.29, 0.717) is 5.11 Å². The summed E-state index contributed by atoms with van der Waals surface area (Å²) in [7, 11) is 0. The molecular weight excluding hydrogens is 315 g/mol. The summed E-state index contributed by atoms with van der Waals surface area (Å²) < 4.78 is 5.76. The maximum absolute atomic E-state index is 5.76. The van der Waals surface area contributed by atoms with Gasteiger partial charge in [0, 0.05) is 24.6 Å². The van der Waals surface area contributed by atoms with Gasteiger partial charge in [0.1, 0.15) is 0 Å². The van der Waals surface area contributed by atoms with Crippen molar-refractivity contribution >= 4 is 46.6 Å². The molecule has 19 heavy (non-hydrogen) atoms. The molecule has 0 radical (unpaired) electrons. The fraction of sp³-hybridized carbons (Fsp3) is 0.417. The largest absolute Gasteiger partial charge is 0.360 e. The van der Waals surface area contributed by atoms with Crippen molar-refractivity contribution < 1.29 is 4.52 Å². The first-order chi connectivity index (χ1) is 9.34. The predicted octanol–water partition coefficient (Wildman–Crippen LogP) is 3.37. The Morgan fingerprint density at radius 2 is 1.95 bits per heavy atom. The van der Waals surface area contributed by atoms with Crippen LogP contribution in [0.5, 0.6) is 0 Å². The molecule has 0 unspecified atom stereocenters. The van der Waals surface area contributed by atoms with E-state index in [0.717, 1.165) is 19.7 Å². The van der Waals surface area contributed by atoms with Crippen molar-refractivity contribution in [3.63, 3.8) is 0 Å². The Morgan fingerprint density at radius 3 is 2.68 bits per heavy atom. The van der Waals surface area contributed by atoms with Gasteiger partial charge in [0.05, 0.1) is 6.61 Å². The maximum atomic E-state index is 5.76. The standard InChI is InChI=1S/C12H17N2OPS3/c17-12(14-10-11-4-2-1-3-5-11)13-6-7-15-16-18-8-9-19-16/h1-5H,6-10H2,(H2,13,14,17). The lowest BCUT2D eigenvalue weighted by Crippen LogP contribution is -2.36. The second-order valence-electron chi connectivity index (χ2n) is 3.82. The highest BCUT2D eigenvalue weighted by molar-refractivity contribution is 8.88. The number of nitrogens with one attached hydrogen (secondary N) is 2. The lowest BCUT2D eigenvalue weighted by molar-refractivity contribution is 0.371. The number of hydrogen-bond donors (Lipinski definition) is 2. The zero-order chi connectivity index (χ0) is 13.3. The second kappa shape index (κ2) is 9.03. The van der Waals surface area contributed by atoms with Gasteiger partial charge < -0.3 is 15.2 Å². The highest BCUT2D eigenvalue weighted by Gasteiger charge is 2.16. The van der Waals surface area contributed by atoms with Gasteiger partial charge in [-0.1, -0.05) is 53.1 Å². The highest BCUT2D eigenvalue weighted by Crippen LogP contribution is 2.66. The van der Waals surface area contributed by atoms with Gasteiger partial charge in [-0.3, -0.25) is 0 Å². The van der Waals surface area contributed by atoms with E-state index in [1.807, 2.05) is 41.0 Å². The molecule has 1 heterocycles. The molecule has 0 amide bonds. The van der Waals surface area contributed by atoms with E-state index in [4.69, 9.17) is 16.7 Å². The summed E-state index contributed by atoms with van der Waals surface area (Å²) in [6, 6.07) is 10.2. The van der Waals surface area contributed by atoms with Crippen LogP contribution in [0.4, 0.5) is 0 Å². The van der Waals surface area contributed by atoms with Crippen LogP contribution in [0.15, 0.2) is 30.3 Å². The third-order valence-corrected chi connectivity index (χ3v) is 9.38. The van der Waals surface area contributed by atoms with E-state index < -0.39 is 0 Å². The van der Waals surface area contributed by atoms with E-state index in [-0.39, 0.29) is 6.55 Å². The summed E-state index contributed by atoms with van der Waals surface area (Å²) in [5.74, 6) is 2.45. The molecule has 7 heteroatoms. The Balaban J connectivity index is 1.52. The van der Waals surface area contributed by atoms with Gasteiger partial charge in [0.25, 0.3) is 0 Å². The van der Waals surface area contributed by atoms with Gasteiger partial charge >= 0.3 is 0 Å². The molecule has 1 aliphatic heterocycles. The van der Waals surface area contributed by atoms with Crippen molar-refractivity contribution in [3.05, 3.63) is 35.9 Å². The Labute approximate surface area is 129 Å². The third-order valence-electron chi connectivity index (χ3n) is 2.36. The van der Waals surface area contributed by atoms with E-state index in [1.54, 1.807) is 0 Å². The third kappa shape index (κ3) is 6.32. The van der Waals surface area contributed by atoms with Crippen LogP contribution in [0.2, 0.25) is 0 Å². The van der Waals surface area contributed by atoms with Crippen molar-refractivity contribution in [1.29, 1.82) is 0 Å². The molecule has 0 aliphatic carbocycles. The molecule has 0 aromatic heterocycles. The molecule has 0 saturated carbocycles. The first-order valence-electron chi connectivity index (χ1n) is 6.09. The summed E-state index contributed by atoms with van der Waals surface area (Å²) >= 11 is 9.09. The second-order valence-corrected chi connectivity index (χ2v) is 10.5. The van der Waals surface area contributed by atoms with Crippen LogP contribution >= 0.6 is 41.5 Å². The fourth-order valence-electron chi connectivity index (χ4n) is 1.46.